The number of urea groups is 1. The molecule has 7 heteroatoms. The molecule has 1 saturated carbocycles. The highest BCUT2D eigenvalue weighted by atomic mass is 35.5. The molecule has 26 heavy (non-hydrogen) atoms. The molecular formula is C19H19Cl2N3O2. The fraction of sp³-hybridized carbons (Fsp3) is 0.263. The molecule has 0 saturated heterocycles. The molecule has 5 nitrogen and oxygen atoms in total. The van der Waals surface area contributed by atoms with Crippen molar-refractivity contribution in [1.29, 1.82) is 0 Å². The van der Waals surface area contributed by atoms with Crippen LogP contribution in [-0.4, -0.2) is 22.8 Å². The molecular weight excluding hydrogens is 373 g/mol. The van der Waals surface area contributed by atoms with Gasteiger partial charge in [0, 0.05) is 12.2 Å². The van der Waals surface area contributed by atoms with Crippen molar-refractivity contribution in [2.45, 2.75) is 17.2 Å². The first-order valence-corrected chi connectivity index (χ1v) is 9.09. The lowest BCUT2D eigenvalue weighted by molar-refractivity contribution is 0.0953. The Hall–Kier alpha value is -2.24. The van der Waals surface area contributed by atoms with Crippen LogP contribution in [0, 0.1) is 5.92 Å². The summed E-state index contributed by atoms with van der Waals surface area (Å²) in [4.78, 5) is 24.6. The van der Waals surface area contributed by atoms with E-state index >= 15 is 0 Å². The number of hydrogen-bond donors (Lipinski definition) is 3. The van der Waals surface area contributed by atoms with Crippen LogP contribution in [0.15, 0.2) is 54.6 Å². The van der Waals surface area contributed by atoms with Gasteiger partial charge in [-0.3, -0.25) is 4.79 Å². The van der Waals surface area contributed by atoms with Gasteiger partial charge in [-0.2, -0.15) is 0 Å². The highest BCUT2D eigenvalue weighted by Crippen LogP contribution is 2.54. The Kier molecular flexibility index (Phi) is 5.69. The highest BCUT2D eigenvalue weighted by Gasteiger charge is 2.50. The molecule has 0 aromatic heterocycles. The Labute approximate surface area is 162 Å². The average molecular weight is 392 g/mol. The van der Waals surface area contributed by atoms with Crippen molar-refractivity contribution in [3.05, 3.63) is 60.2 Å². The molecule has 3 N–H and O–H groups in total. The number of carbonyl (C=O) groups is 2. The van der Waals surface area contributed by atoms with Crippen molar-refractivity contribution < 1.29 is 9.59 Å². The molecule has 3 amide bonds. The first-order valence-electron chi connectivity index (χ1n) is 8.34. The average Bonchev–Trinajstić information content (AvgIpc) is 3.22. The Morgan fingerprint density at radius 1 is 1.00 bits per heavy atom. The second kappa shape index (κ2) is 7.98. The maximum Gasteiger partial charge on any atom is 0.323 e. The molecule has 1 aliphatic carbocycles. The number of benzene rings is 2. The summed E-state index contributed by atoms with van der Waals surface area (Å²) in [5.74, 6) is -0.0350. The molecule has 0 aliphatic heterocycles. The van der Waals surface area contributed by atoms with Crippen molar-refractivity contribution >= 4 is 46.5 Å². The number of para-hydroxylation sites is 2. The number of halogens is 2. The molecule has 136 valence electrons. The fourth-order valence-electron chi connectivity index (χ4n) is 2.63. The fourth-order valence-corrected chi connectivity index (χ4v) is 3.22. The number of carbonyl (C=O) groups excluding carboxylic acids is 2. The summed E-state index contributed by atoms with van der Waals surface area (Å²) < 4.78 is -0.639. The van der Waals surface area contributed by atoms with E-state index < -0.39 is 10.4 Å². The van der Waals surface area contributed by atoms with Crippen LogP contribution in [0.5, 0.6) is 0 Å². The molecule has 0 heterocycles. The third-order valence-electron chi connectivity index (χ3n) is 4.19. The zero-order chi connectivity index (χ0) is 18.6. The van der Waals surface area contributed by atoms with Gasteiger partial charge in [0.05, 0.1) is 11.3 Å². The van der Waals surface area contributed by atoms with Gasteiger partial charge in [-0.05, 0) is 43.0 Å². The number of nitrogens with one attached hydrogen (secondary N) is 3. The Balaban J connectivity index is 1.56. The van der Waals surface area contributed by atoms with Gasteiger partial charge in [-0.25, -0.2) is 4.79 Å². The minimum Gasteiger partial charge on any atom is -0.352 e. The van der Waals surface area contributed by atoms with Crippen LogP contribution in [0.1, 0.15) is 23.2 Å². The summed E-state index contributed by atoms with van der Waals surface area (Å²) in [5, 5.41) is 8.28. The Morgan fingerprint density at radius 3 is 2.35 bits per heavy atom. The molecule has 3 rings (SSSR count). The lowest BCUT2D eigenvalue weighted by Crippen LogP contribution is -2.27. The summed E-state index contributed by atoms with van der Waals surface area (Å²) in [6, 6.07) is 15.5. The molecule has 1 fully saturated rings. The van der Waals surface area contributed by atoms with Crippen molar-refractivity contribution in [1.82, 2.24) is 5.32 Å². The van der Waals surface area contributed by atoms with E-state index in [-0.39, 0.29) is 11.8 Å². The van der Waals surface area contributed by atoms with E-state index in [4.69, 9.17) is 23.2 Å². The summed E-state index contributed by atoms with van der Waals surface area (Å²) in [7, 11) is 0. The van der Waals surface area contributed by atoms with Crippen LogP contribution in [-0.2, 0) is 0 Å². The quantitative estimate of drug-likeness (QED) is 0.627. The number of amides is 3. The van der Waals surface area contributed by atoms with Crippen LogP contribution in [0.4, 0.5) is 16.2 Å². The number of hydrogen-bond acceptors (Lipinski definition) is 2. The van der Waals surface area contributed by atoms with E-state index in [1.807, 2.05) is 18.2 Å². The van der Waals surface area contributed by atoms with E-state index in [2.05, 4.69) is 16.0 Å². The van der Waals surface area contributed by atoms with Crippen molar-refractivity contribution in [2.75, 3.05) is 17.2 Å². The van der Waals surface area contributed by atoms with E-state index in [1.54, 1.807) is 36.4 Å². The van der Waals surface area contributed by atoms with Gasteiger partial charge < -0.3 is 16.0 Å². The lowest BCUT2D eigenvalue weighted by atomic mass is 10.1. The van der Waals surface area contributed by atoms with Gasteiger partial charge in [0.25, 0.3) is 5.91 Å². The zero-order valence-corrected chi connectivity index (χ0v) is 15.5. The molecule has 2 aromatic carbocycles. The minimum absolute atomic E-state index is 0.219. The van der Waals surface area contributed by atoms with Crippen molar-refractivity contribution in [3.8, 4) is 0 Å². The summed E-state index contributed by atoms with van der Waals surface area (Å²) in [6.07, 6.45) is 1.48. The summed E-state index contributed by atoms with van der Waals surface area (Å²) >= 11 is 12.0. The zero-order valence-electron chi connectivity index (χ0n) is 14.0. The lowest BCUT2D eigenvalue weighted by Gasteiger charge is -2.12. The van der Waals surface area contributed by atoms with Crippen LogP contribution in [0.2, 0.25) is 0 Å². The van der Waals surface area contributed by atoms with Crippen molar-refractivity contribution in [3.63, 3.8) is 0 Å². The van der Waals surface area contributed by atoms with Crippen LogP contribution in [0.25, 0.3) is 0 Å². The molecule has 1 atom stereocenters. The van der Waals surface area contributed by atoms with Gasteiger partial charge in [0.15, 0.2) is 0 Å². The standard InChI is InChI=1S/C19H19Cl2N3O2/c20-19(21)12-13(19)10-11-22-17(25)15-8-4-5-9-16(15)24-18(26)23-14-6-2-1-3-7-14/h1-9,13H,10-12H2,(H,22,25)(H2,23,24,26)/t13-/m1/s1. The minimum atomic E-state index is -0.639. The van der Waals surface area contributed by atoms with Gasteiger partial charge >= 0.3 is 6.03 Å². The van der Waals surface area contributed by atoms with Gasteiger partial charge in [0.2, 0.25) is 0 Å². The molecule has 0 spiro atoms. The third-order valence-corrected chi connectivity index (χ3v) is 5.11. The van der Waals surface area contributed by atoms with Gasteiger partial charge in [-0.15, -0.1) is 23.2 Å². The van der Waals surface area contributed by atoms with E-state index in [9.17, 15) is 9.59 Å². The molecule has 0 bridgehead atoms. The Morgan fingerprint density at radius 2 is 1.65 bits per heavy atom. The topological polar surface area (TPSA) is 70.2 Å². The molecule has 0 unspecified atom stereocenters. The maximum absolute atomic E-state index is 12.4. The predicted octanol–water partition coefficient (Wildman–Crippen LogP) is 4.64. The normalized spacial score (nSPS) is 17.2. The second-order valence-electron chi connectivity index (χ2n) is 6.20. The first-order chi connectivity index (χ1) is 12.5. The largest absolute Gasteiger partial charge is 0.352 e. The highest BCUT2D eigenvalue weighted by molar-refractivity contribution is 6.50. The van der Waals surface area contributed by atoms with E-state index in [0.29, 0.717) is 23.5 Å². The maximum atomic E-state index is 12.4. The number of anilines is 2. The predicted molar refractivity (Wildman–Crippen MR) is 105 cm³/mol. The van der Waals surface area contributed by atoms with E-state index in [0.717, 1.165) is 12.8 Å². The molecule has 0 radical (unpaired) electrons. The van der Waals surface area contributed by atoms with Crippen LogP contribution >= 0.6 is 23.2 Å². The van der Waals surface area contributed by atoms with Crippen LogP contribution in [0.3, 0.4) is 0 Å². The third kappa shape index (κ3) is 4.90. The molecule has 1 aliphatic rings. The van der Waals surface area contributed by atoms with Gasteiger partial charge in [-0.1, -0.05) is 30.3 Å². The SMILES string of the molecule is O=C(Nc1ccccc1)Nc1ccccc1C(=O)NCC[C@@H]1CC1(Cl)Cl. The first kappa shape index (κ1) is 18.5. The van der Waals surface area contributed by atoms with Crippen LogP contribution < -0.4 is 16.0 Å². The molecule has 2 aromatic rings. The summed E-state index contributed by atoms with van der Waals surface area (Å²) in [6.45, 7) is 0.481. The van der Waals surface area contributed by atoms with Gasteiger partial charge in [0.1, 0.15) is 4.33 Å². The summed E-state index contributed by atoms with van der Waals surface area (Å²) in [5.41, 5.74) is 1.51. The second-order valence-corrected chi connectivity index (χ2v) is 7.74. The van der Waals surface area contributed by atoms with Crippen molar-refractivity contribution in [2.24, 2.45) is 5.92 Å². The number of rotatable bonds is 6. The Bertz CT molecular complexity index is 796. The number of alkyl halides is 2. The van der Waals surface area contributed by atoms with E-state index in [1.165, 1.54) is 0 Å². The monoisotopic (exact) mass is 391 g/mol. The smallest absolute Gasteiger partial charge is 0.323 e.